The molecule has 30 heavy (non-hydrogen) atoms. The summed E-state index contributed by atoms with van der Waals surface area (Å²) < 4.78 is 5.58. The minimum atomic E-state index is -0.537. The van der Waals surface area contributed by atoms with Crippen LogP contribution in [0.3, 0.4) is 0 Å². The molecule has 1 fully saturated rings. The van der Waals surface area contributed by atoms with Gasteiger partial charge < -0.3 is 4.74 Å². The molecule has 1 aromatic carbocycles. The summed E-state index contributed by atoms with van der Waals surface area (Å²) in [6, 6.07) is 15.0. The van der Waals surface area contributed by atoms with Gasteiger partial charge in [0.25, 0.3) is 0 Å². The molecule has 1 aliphatic rings. The molecule has 2 aromatic rings. The fraction of sp³-hybridized carbons (Fsp3) is 0.520. The normalized spacial score (nSPS) is 17.7. The Morgan fingerprint density at radius 3 is 2.50 bits per heavy atom. The van der Waals surface area contributed by atoms with Crippen molar-refractivity contribution in [3.8, 4) is 0 Å². The van der Waals surface area contributed by atoms with Crippen molar-refractivity contribution in [3.63, 3.8) is 0 Å². The second-order valence-electron chi connectivity index (χ2n) is 9.36. The number of anilines is 1. The fourth-order valence-electron chi connectivity index (χ4n) is 3.99. The zero-order chi connectivity index (χ0) is 21.7. The maximum absolute atomic E-state index is 12.7. The molecule has 3 rings (SSSR count). The third-order valence-electron chi connectivity index (χ3n) is 5.35. The molecule has 162 valence electrons. The minimum absolute atomic E-state index is 0.0394. The Hall–Kier alpha value is -2.40. The molecule has 0 aliphatic carbocycles. The van der Waals surface area contributed by atoms with E-state index in [1.807, 2.05) is 46.9 Å². The van der Waals surface area contributed by atoms with E-state index in [0.717, 1.165) is 19.5 Å². The number of hydrogen-bond acceptors (Lipinski definition) is 4. The van der Waals surface area contributed by atoms with E-state index < -0.39 is 5.60 Å². The number of benzene rings is 1. The highest BCUT2D eigenvalue weighted by atomic mass is 16.6. The Morgan fingerprint density at radius 1 is 1.17 bits per heavy atom. The molecule has 1 atom stereocenters. The number of pyridine rings is 1. The average Bonchev–Trinajstić information content (AvgIpc) is 2.68. The smallest absolute Gasteiger partial charge is 0.416 e. The first-order valence-corrected chi connectivity index (χ1v) is 11.0. The zero-order valence-corrected chi connectivity index (χ0v) is 19.0. The van der Waals surface area contributed by atoms with Crippen molar-refractivity contribution in [2.75, 3.05) is 11.4 Å². The lowest BCUT2D eigenvalue weighted by Gasteiger charge is -2.36. The molecule has 0 saturated carbocycles. The second-order valence-corrected chi connectivity index (χ2v) is 9.36. The van der Waals surface area contributed by atoms with Crippen LogP contribution in [0.2, 0.25) is 0 Å². The summed E-state index contributed by atoms with van der Waals surface area (Å²) in [5.41, 5.74) is 2.01. The van der Waals surface area contributed by atoms with Crippen LogP contribution in [0.1, 0.15) is 71.0 Å². The van der Waals surface area contributed by atoms with Gasteiger partial charge in [0.15, 0.2) is 0 Å². The summed E-state index contributed by atoms with van der Waals surface area (Å²) in [6.07, 6.45) is 5.17. The standard InChI is InChI=1S/C25H35N3O2/c1-19(2)28(24(29)30-25(3,4)5)23-15-14-21(17-26-23)22-13-9-10-16-27(22)18-20-11-7-6-8-12-20/h6-8,11-12,14-15,17,19,22H,9-10,13,16,18H2,1-5H3/t22-/m1/s1. The number of rotatable bonds is 5. The van der Waals surface area contributed by atoms with Gasteiger partial charge in [-0.3, -0.25) is 9.80 Å². The van der Waals surface area contributed by atoms with Gasteiger partial charge in [-0.25, -0.2) is 9.78 Å². The molecule has 0 unspecified atom stereocenters. The lowest BCUT2D eigenvalue weighted by Crippen LogP contribution is -2.41. The van der Waals surface area contributed by atoms with Crippen LogP contribution in [-0.2, 0) is 11.3 Å². The van der Waals surface area contributed by atoms with Gasteiger partial charge in [0, 0.05) is 24.8 Å². The van der Waals surface area contributed by atoms with Gasteiger partial charge in [0.2, 0.25) is 0 Å². The van der Waals surface area contributed by atoms with Crippen molar-refractivity contribution in [1.29, 1.82) is 0 Å². The van der Waals surface area contributed by atoms with Crippen molar-refractivity contribution in [3.05, 3.63) is 59.8 Å². The number of aromatic nitrogens is 1. The molecule has 2 heterocycles. The molecule has 1 aromatic heterocycles. The number of ether oxygens (including phenoxy) is 1. The summed E-state index contributed by atoms with van der Waals surface area (Å²) >= 11 is 0. The van der Waals surface area contributed by atoms with Gasteiger partial charge in [-0.2, -0.15) is 0 Å². The van der Waals surface area contributed by atoms with Crippen LogP contribution < -0.4 is 4.90 Å². The first-order chi connectivity index (χ1) is 14.2. The molecule has 1 amide bonds. The van der Waals surface area contributed by atoms with Crippen LogP contribution in [0.25, 0.3) is 0 Å². The maximum Gasteiger partial charge on any atom is 0.416 e. The van der Waals surface area contributed by atoms with E-state index in [1.54, 1.807) is 4.90 Å². The minimum Gasteiger partial charge on any atom is -0.443 e. The first-order valence-electron chi connectivity index (χ1n) is 11.0. The fourth-order valence-corrected chi connectivity index (χ4v) is 3.99. The predicted octanol–water partition coefficient (Wildman–Crippen LogP) is 5.96. The quantitative estimate of drug-likeness (QED) is 0.611. The SMILES string of the molecule is CC(C)N(C(=O)OC(C)(C)C)c1ccc([C@H]2CCCCN2Cc2ccccc2)cn1. The molecule has 1 aliphatic heterocycles. The lowest BCUT2D eigenvalue weighted by atomic mass is 9.95. The van der Waals surface area contributed by atoms with Gasteiger partial charge in [0.05, 0.1) is 0 Å². The van der Waals surface area contributed by atoms with Crippen LogP contribution >= 0.6 is 0 Å². The highest BCUT2D eigenvalue weighted by Gasteiger charge is 2.28. The maximum atomic E-state index is 12.7. The van der Waals surface area contributed by atoms with Gasteiger partial charge in [-0.1, -0.05) is 42.8 Å². The number of nitrogens with zero attached hydrogens (tertiary/aromatic N) is 3. The second kappa shape index (κ2) is 9.61. The van der Waals surface area contributed by atoms with E-state index in [9.17, 15) is 4.79 Å². The van der Waals surface area contributed by atoms with Crippen molar-refractivity contribution in [2.24, 2.45) is 0 Å². The van der Waals surface area contributed by atoms with Crippen LogP contribution in [-0.4, -0.2) is 34.2 Å². The van der Waals surface area contributed by atoms with Crippen molar-refractivity contribution >= 4 is 11.9 Å². The van der Waals surface area contributed by atoms with E-state index in [1.165, 1.54) is 24.0 Å². The molecule has 5 nitrogen and oxygen atoms in total. The van der Waals surface area contributed by atoms with Crippen LogP contribution in [0, 0.1) is 0 Å². The van der Waals surface area contributed by atoms with Crippen LogP contribution in [0.15, 0.2) is 48.7 Å². The number of piperidine rings is 1. The van der Waals surface area contributed by atoms with Gasteiger partial charge in [-0.15, -0.1) is 0 Å². The molecule has 1 saturated heterocycles. The summed E-state index contributed by atoms with van der Waals surface area (Å²) in [5, 5.41) is 0. The number of hydrogen-bond donors (Lipinski definition) is 0. The van der Waals surface area contributed by atoms with E-state index in [0.29, 0.717) is 11.9 Å². The first kappa shape index (κ1) is 22.3. The van der Waals surface area contributed by atoms with E-state index >= 15 is 0 Å². The molecule has 0 radical (unpaired) electrons. The Labute approximate surface area is 181 Å². The Balaban J connectivity index is 1.77. The van der Waals surface area contributed by atoms with Crippen LogP contribution in [0.5, 0.6) is 0 Å². The number of carbonyl (C=O) groups is 1. The Kier molecular flexibility index (Phi) is 7.14. The van der Waals surface area contributed by atoms with Gasteiger partial charge >= 0.3 is 6.09 Å². The topological polar surface area (TPSA) is 45.7 Å². The third kappa shape index (κ3) is 5.82. The van der Waals surface area contributed by atoms with Crippen LogP contribution in [0.4, 0.5) is 10.6 Å². The number of carbonyl (C=O) groups excluding carboxylic acids is 1. The highest BCUT2D eigenvalue weighted by Crippen LogP contribution is 2.32. The van der Waals surface area contributed by atoms with E-state index in [2.05, 4.69) is 46.3 Å². The average molecular weight is 410 g/mol. The van der Waals surface area contributed by atoms with E-state index in [4.69, 9.17) is 4.74 Å². The molecule has 5 heteroatoms. The Bertz CT molecular complexity index is 813. The van der Waals surface area contributed by atoms with Crippen molar-refractivity contribution in [1.82, 2.24) is 9.88 Å². The highest BCUT2D eigenvalue weighted by molar-refractivity contribution is 5.87. The molecular weight excluding hydrogens is 374 g/mol. The largest absolute Gasteiger partial charge is 0.443 e. The predicted molar refractivity (Wildman–Crippen MR) is 122 cm³/mol. The summed E-state index contributed by atoms with van der Waals surface area (Å²) in [4.78, 5) is 21.5. The van der Waals surface area contributed by atoms with Gasteiger partial charge in [-0.05, 0) is 71.2 Å². The van der Waals surface area contributed by atoms with E-state index in [-0.39, 0.29) is 12.1 Å². The Morgan fingerprint density at radius 2 is 1.90 bits per heavy atom. The van der Waals surface area contributed by atoms with Gasteiger partial charge in [0.1, 0.15) is 11.4 Å². The molecule has 0 spiro atoms. The number of amides is 1. The summed E-state index contributed by atoms with van der Waals surface area (Å²) in [6.45, 7) is 11.6. The third-order valence-corrected chi connectivity index (χ3v) is 5.35. The number of likely N-dealkylation sites (tertiary alicyclic amines) is 1. The summed E-state index contributed by atoms with van der Waals surface area (Å²) in [7, 11) is 0. The summed E-state index contributed by atoms with van der Waals surface area (Å²) in [5.74, 6) is 0.633. The zero-order valence-electron chi connectivity index (χ0n) is 19.0. The van der Waals surface area contributed by atoms with Crippen molar-refractivity contribution in [2.45, 2.75) is 78.1 Å². The molecular formula is C25H35N3O2. The van der Waals surface area contributed by atoms with Crippen molar-refractivity contribution < 1.29 is 9.53 Å². The monoisotopic (exact) mass is 409 g/mol. The lowest BCUT2D eigenvalue weighted by molar-refractivity contribution is 0.0569. The molecule has 0 bridgehead atoms. The molecule has 0 N–H and O–H groups in total.